The number of nitrogens with one attached hydrogen (secondary N) is 1. The highest BCUT2D eigenvalue weighted by atomic mass is 19.1. The second-order valence-electron chi connectivity index (χ2n) is 6.15. The average molecular weight is 375 g/mol. The van der Waals surface area contributed by atoms with Crippen LogP contribution in [0.3, 0.4) is 0 Å². The van der Waals surface area contributed by atoms with E-state index < -0.39 is 23.3 Å². The second kappa shape index (κ2) is 8.09. The van der Waals surface area contributed by atoms with Crippen molar-refractivity contribution in [1.29, 1.82) is 0 Å². The zero-order valence-electron chi connectivity index (χ0n) is 14.4. The first-order chi connectivity index (χ1) is 12.9. The van der Waals surface area contributed by atoms with Gasteiger partial charge in [-0.1, -0.05) is 0 Å². The van der Waals surface area contributed by atoms with Crippen LogP contribution in [0.25, 0.3) is 0 Å². The Morgan fingerprint density at radius 3 is 2.74 bits per heavy atom. The number of amides is 1. The van der Waals surface area contributed by atoms with Crippen LogP contribution < -0.4 is 5.32 Å². The van der Waals surface area contributed by atoms with Crippen LogP contribution in [0.4, 0.5) is 10.1 Å². The molecule has 1 fully saturated rings. The minimum absolute atomic E-state index is 0.0467. The van der Waals surface area contributed by atoms with Crippen molar-refractivity contribution < 1.29 is 28.6 Å². The van der Waals surface area contributed by atoms with E-state index in [9.17, 15) is 18.8 Å². The molecule has 142 valence electrons. The zero-order chi connectivity index (χ0) is 19.4. The molecule has 3 rings (SSSR count). The van der Waals surface area contributed by atoms with E-state index in [-0.39, 0.29) is 24.3 Å². The maximum atomic E-state index is 13.4. The molecule has 27 heavy (non-hydrogen) atoms. The summed E-state index contributed by atoms with van der Waals surface area (Å²) in [5.41, 5.74) is 0.0445. The largest absolute Gasteiger partial charge is 0.478 e. The molecule has 1 amide bonds. The number of carboxylic acids is 1. The fraction of sp³-hybridized carbons (Fsp3) is 0.333. The Kier molecular flexibility index (Phi) is 5.60. The zero-order valence-corrected chi connectivity index (χ0v) is 14.4. The number of aliphatic imine (C=N–C) groups is 1. The van der Waals surface area contributed by atoms with Crippen molar-refractivity contribution in [2.24, 2.45) is 4.99 Å². The molecule has 0 atom stereocenters. The molecule has 0 saturated carbocycles. The van der Waals surface area contributed by atoms with Gasteiger partial charge in [-0.05, 0) is 18.2 Å². The number of carboxylic acid groups (broad SMARTS) is 1. The van der Waals surface area contributed by atoms with Gasteiger partial charge in [0.25, 0.3) is 0 Å². The molecule has 8 nitrogen and oxygen atoms in total. The summed E-state index contributed by atoms with van der Waals surface area (Å²) in [6.07, 6.45) is 1.39. The Labute approximate surface area is 154 Å². The van der Waals surface area contributed by atoms with Crippen LogP contribution in [0.2, 0.25) is 0 Å². The molecule has 0 aromatic heterocycles. The minimum Gasteiger partial charge on any atom is -0.478 e. The Bertz CT molecular complexity index is 843. The molecule has 0 bridgehead atoms. The fourth-order valence-electron chi connectivity index (χ4n) is 2.84. The van der Waals surface area contributed by atoms with E-state index in [4.69, 9.17) is 9.84 Å². The van der Waals surface area contributed by atoms with Crippen LogP contribution in [0.15, 0.2) is 35.1 Å². The maximum absolute atomic E-state index is 13.4. The summed E-state index contributed by atoms with van der Waals surface area (Å²) in [5, 5.41) is 11.4. The van der Waals surface area contributed by atoms with Crippen LogP contribution in [0.1, 0.15) is 23.2 Å². The molecule has 1 aromatic carbocycles. The third kappa shape index (κ3) is 4.76. The van der Waals surface area contributed by atoms with Crippen LogP contribution in [-0.2, 0) is 14.3 Å². The van der Waals surface area contributed by atoms with Crippen molar-refractivity contribution in [2.75, 3.05) is 31.6 Å². The molecule has 2 N–H and O–H groups in total. The number of hydrogen-bond acceptors (Lipinski definition) is 6. The summed E-state index contributed by atoms with van der Waals surface area (Å²) < 4.78 is 18.7. The fourth-order valence-corrected chi connectivity index (χ4v) is 2.84. The van der Waals surface area contributed by atoms with Crippen LogP contribution in [0.5, 0.6) is 0 Å². The van der Waals surface area contributed by atoms with Gasteiger partial charge in [-0.3, -0.25) is 9.59 Å². The van der Waals surface area contributed by atoms with Crippen LogP contribution in [-0.4, -0.2) is 59.7 Å². The van der Waals surface area contributed by atoms with E-state index in [1.165, 1.54) is 12.1 Å². The van der Waals surface area contributed by atoms with Gasteiger partial charge >= 0.3 is 5.97 Å². The monoisotopic (exact) mass is 375 g/mol. The summed E-state index contributed by atoms with van der Waals surface area (Å²) in [7, 11) is 0. The van der Waals surface area contributed by atoms with E-state index in [0.717, 1.165) is 12.1 Å². The Morgan fingerprint density at radius 1 is 1.30 bits per heavy atom. The van der Waals surface area contributed by atoms with Crippen molar-refractivity contribution in [3.05, 3.63) is 41.5 Å². The van der Waals surface area contributed by atoms with Crippen molar-refractivity contribution in [2.45, 2.75) is 12.8 Å². The van der Waals surface area contributed by atoms with Gasteiger partial charge in [0.15, 0.2) is 5.78 Å². The van der Waals surface area contributed by atoms with E-state index in [0.29, 0.717) is 37.8 Å². The number of anilines is 1. The van der Waals surface area contributed by atoms with E-state index in [2.05, 4.69) is 10.3 Å². The first kappa shape index (κ1) is 18.7. The third-order valence-electron chi connectivity index (χ3n) is 4.12. The van der Waals surface area contributed by atoms with E-state index in [1.807, 2.05) is 4.90 Å². The predicted octanol–water partition coefficient (Wildman–Crippen LogP) is 1.44. The van der Waals surface area contributed by atoms with Crippen molar-refractivity contribution in [3.63, 3.8) is 0 Å². The highest BCUT2D eigenvalue weighted by Gasteiger charge is 2.22. The van der Waals surface area contributed by atoms with Gasteiger partial charge in [0, 0.05) is 37.0 Å². The number of allylic oxidation sites excluding steroid dienone is 1. The Hall–Kier alpha value is -3.07. The SMILES string of the molecule is O=C1C=C(N2CCOCC2)N=C(CC(=O)Nc2ccc(F)c(C(=O)O)c2)C1. The molecule has 2 heterocycles. The Balaban J connectivity index is 1.67. The quantitative estimate of drug-likeness (QED) is 0.806. The predicted molar refractivity (Wildman–Crippen MR) is 94.1 cm³/mol. The lowest BCUT2D eigenvalue weighted by atomic mass is 10.1. The van der Waals surface area contributed by atoms with Crippen molar-refractivity contribution in [1.82, 2.24) is 4.90 Å². The summed E-state index contributed by atoms with van der Waals surface area (Å²) in [4.78, 5) is 41.5. The molecule has 2 aliphatic rings. The number of nitrogens with zero attached hydrogens (tertiary/aromatic N) is 2. The van der Waals surface area contributed by atoms with Gasteiger partial charge in [-0.2, -0.15) is 0 Å². The van der Waals surface area contributed by atoms with Crippen LogP contribution >= 0.6 is 0 Å². The lowest BCUT2D eigenvalue weighted by Gasteiger charge is -2.30. The summed E-state index contributed by atoms with van der Waals surface area (Å²) in [5.74, 6) is -2.39. The lowest BCUT2D eigenvalue weighted by Crippen LogP contribution is -2.36. The number of ether oxygens (including phenoxy) is 1. The topological polar surface area (TPSA) is 108 Å². The number of halogens is 1. The highest BCUT2D eigenvalue weighted by molar-refractivity contribution is 6.16. The van der Waals surface area contributed by atoms with Gasteiger partial charge in [-0.25, -0.2) is 14.2 Å². The van der Waals surface area contributed by atoms with Gasteiger partial charge in [0.2, 0.25) is 5.91 Å². The summed E-state index contributed by atoms with van der Waals surface area (Å²) >= 11 is 0. The first-order valence-corrected chi connectivity index (χ1v) is 8.39. The number of benzene rings is 1. The normalized spacial score (nSPS) is 17.2. The number of carbonyl (C=O) groups is 3. The molecule has 9 heteroatoms. The highest BCUT2D eigenvalue weighted by Crippen LogP contribution is 2.18. The summed E-state index contributed by atoms with van der Waals surface area (Å²) in [6, 6.07) is 3.29. The molecule has 0 spiro atoms. The van der Waals surface area contributed by atoms with E-state index in [1.54, 1.807) is 0 Å². The van der Waals surface area contributed by atoms with E-state index >= 15 is 0 Å². The Morgan fingerprint density at radius 2 is 2.04 bits per heavy atom. The smallest absolute Gasteiger partial charge is 0.338 e. The summed E-state index contributed by atoms with van der Waals surface area (Å²) in [6.45, 7) is 2.34. The minimum atomic E-state index is -1.42. The van der Waals surface area contributed by atoms with Gasteiger partial charge in [0.05, 0.1) is 25.2 Å². The van der Waals surface area contributed by atoms with Gasteiger partial charge in [0.1, 0.15) is 11.6 Å². The number of morpholine rings is 1. The number of ketones is 1. The molecule has 0 aliphatic carbocycles. The molecule has 2 aliphatic heterocycles. The van der Waals surface area contributed by atoms with Crippen molar-refractivity contribution in [3.8, 4) is 0 Å². The van der Waals surface area contributed by atoms with Gasteiger partial charge in [-0.15, -0.1) is 0 Å². The lowest BCUT2D eigenvalue weighted by molar-refractivity contribution is -0.115. The molecule has 0 radical (unpaired) electrons. The average Bonchev–Trinajstić information content (AvgIpc) is 2.63. The maximum Gasteiger partial charge on any atom is 0.338 e. The molecule has 1 saturated heterocycles. The number of rotatable bonds is 5. The molecule has 0 unspecified atom stereocenters. The molecular weight excluding hydrogens is 357 g/mol. The number of hydrogen-bond donors (Lipinski definition) is 2. The standard InChI is InChI=1S/C18H18FN3O5/c19-15-2-1-11(8-14(15)18(25)26)21-17(24)9-12-7-13(23)10-16(20-12)22-3-5-27-6-4-22/h1-2,8,10H,3-7,9H2,(H,21,24)(H,25,26). The van der Waals surface area contributed by atoms with Crippen molar-refractivity contribution >= 4 is 29.1 Å². The molecule has 1 aromatic rings. The number of aromatic carboxylic acids is 1. The van der Waals surface area contributed by atoms with Crippen LogP contribution in [0, 0.1) is 5.82 Å². The number of carbonyl (C=O) groups excluding carboxylic acids is 2. The third-order valence-corrected chi connectivity index (χ3v) is 4.12. The van der Waals surface area contributed by atoms with Gasteiger partial charge < -0.3 is 20.1 Å². The first-order valence-electron chi connectivity index (χ1n) is 8.39. The second-order valence-corrected chi connectivity index (χ2v) is 6.15. The molecular formula is C18H18FN3O5.